The van der Waals surface area contributed by atoms with Crippen LogP contribution in [0.1, 0.15) is 55.3 Å². The number of hydrogen-bond donors (Lipinski definition) is 2. The summed E-state index contributed by atoms with van der Waals surface area (Å²) in [6, 6.07) is 14.5. The molecule has 0 fully saturated rings. The summed E-state index contributed by atoms with van der Waals surface area (Å²) in [5.74, 6) is 1.77. The molecule has 0 saturated heterocycles. The molecule has 3 rings (SSSR count). The monoisotopic (exact) mass is 479 g/mol. The van der Waals surface area contributed by atoms with Crippen molar-refractivity contribution in [2.24, 2.45) is 11.8 Å². The molecule has 1 heterocycles. The van der Waals surface area contributed by atoms with Gasteiger partial charge in [0, 0.05) is 24.5 Å². The Hall–Kier alpha value is -1.70. The Labute approximate surface area is 200 Å². The molecule has 7 heteroatoms. The van der Waals surface area contributed by atoms with Gasteiger partial charge in [-0.05, 0) is 74.0 Å². The van der Waals surface area contributed by atoms with Gasteiger partial charge in [-0.25, -0.2) is 0 Å². The maximum absolute atomic E-state index is 13.4. The van der Waals surface area contributed by atoms with Crippen LogP contribution in [-0.4, -0.2) is 37.8 Å². The third kappa shape index (κ3) is 7.14. The van der Waals surface area contributed by atoms with Crippen LogP contribution >= 0.6 is 11.9 Å². The summed E-state index contributed by atoms with van der Waals surface area (Å²) in [6.45, 7) is 6.29. The number of alkyl halides is 3. The molecule has 0 aliphatic carbocycles. The fourth-order valence-corrected chi connectivity index (χ4v) is 5.53. The highest BCUT2D eigenvalue weighted by atomic mass is 32.2. The number of nitrogens with one attached hydrogen (secondary N) is 2. The lowest BCUT2D eigenvalue weighted by Crippen LogP contribution is -2.31. The lowest BCUT2D eigenvalue weighted by molar-refractivity contribution is -0.137. The molecule has 2 N–H and O–H groups in total. The number of fused-ring (bicyclic) bond motifs is 1. The number of halogens is 3. The third-order valence-corrected chi connectivity index (χ3v) is 7.33. The quantitative estimate of drug-likeness (QED) is 0.289. The summed E-state index contributed by atoms with van der Waals surface area (Å²) in [6.07, 6.45) is -2.35. The van der Waals surface area contributed by atoms with Gasteiger partial charge in [0.15, 0.2) is 0 Å². The van der Waals surface area contributed by atoms with E-state index in [1.54, 1.807) is 18.0 Å². The molecule has 0 saturated carbocycles. The first-order valence-corrected chi connectivity index (χ1v) is 12.7. The first-order valence-electron chi connectivity index (χ1n) is 11.7. The average molecular weight is 480 g/mol. The van der Waals surface area contributed by atoms with Crippen molar-refractivity contribution in [3.63, 3.8) is 0 Å². The van der Waals surface area contributed by atoms with Gasteiger partial charge in [-0.15, -0.1) is 0 Å². The van der Waals surface area contributed by atoms with Gasteiger partial charge >= 0.3 is 6.18 Å². The van der Waals surface area contributed by atoms with Crippen LogP contribution in [0.25, 0.3) is 0 Å². The first kappa shape index (κ1) is 25.9. The maximum atomic E-state index is 13.4. The van der Waals surface area contributed by atoms with E-state index in [-0.39, 0.29) is 17.9 Å². The summed E-state index contributed by atoms with van der Waals surface area (Å²) in [5.41, 5.74) is 2.20. The second-order valence-electron chi connectivity index (χ2n) is 9.47. The summed E-state index contributed by atoms with van der Waals surface area (Å²) in [5, 5.41) is 3.57. The molecule has 0 aromatic heterocycles. The molecular weight excluding hydrogens is 443 g/mol. The van der Waals surface area contributed by atoms with Crippen molar-refractivity contribution in [1.29, 1.82) is 0 Å². The lowest BCUT2D eigenvalue weighted by Gasteiger charge is -2.40. The molecule has 0 amide bonds. The van der Waals surface area contributed by atoms with E-state index in [9.17, 15) is 13.2 Å². The van der Waals surface area contributed by atoms with E-state index in [0.29, 0.717) is 5.92 Å². The molecule has 2 aromatic carbocycles. The lowest BCUT2D eigenvalue weighted by atomic mass is 9.73. The van der Waals surface area contributed by atoms with Crippen LogP contribution in [0.15, 0.2) is 48.5 Å². The summed E-state index contributed by atoms with van der Waals surface area (Å²) in [4.78, 5) is 2.17. The number of hydrogen-bond acceptors (Lipinski definition) is 4. The zero-order valence-corrected chi connectivity index (χ0v) is 20.8. The molecule has 1 aliphatic heterocycles. The van der Waals surface area contributed by atoms with Crippen LogP contribution in [0.4, 0.5) is 18.9 Å². The Morgan fingerprint density at radius 3 is 2.52 bits per heavy atom. The summed E-state index contributed by atoms with van der Waals surface area (Å²) in [7, 11) is 4.14. The molecule has 0 bridgehead atoms. The van der Waals surface area contributed by atoms with Gasteiger partial charge in [-0.3, -0.25) is 4.72 Å². The number of anilines is 1. The van der Waals surface area contributed by atoms with Crippen molar-refractivity contribution in [1.82, 2.24) is 9.62 Å². The molecule has 4 atom stereocenters. The minimum atomic E-state index is -4.33. The molecule has 0 spiro atoms. The predicted molar refractivity (Wildman–Crippen MR) is 134 cm³/mol. The smallest absolute Gasteiger partial charge is 0.378 e. The Morgan fingerprint density at radius 1 is 1.12 bits per heavy atom. The highest BCUT2D eigenvalue weighted by Gasteiger charge is 2.37. The molecule has 3 unspecified atom stereocenters. The van der Waals surface area contributed by atoms with E-state index in [1.807, 2.05) is 18.2 Å². The minimum Gasteiger partial charge on any atom is -0.378 e. The zero-order chi connectivity index (χ0) is 24.0. The van der Waals surface area contributed by atoms with Gasteiger partial charge in [-0.1, -0.05) is 56.1 Å². The van der Waals surface area contributed by atoms with Crippen LogP contribution in [0, 0.1) is 11.8 Å². The largest absolute Gasteiger partial charge is 0.416 e. The SMILES string of the molecule is CC(CCC1C(C)c2cc(C(F)(F)F)ccc2N[C@H]1c1ccccc1)CNSCCN(C)C. The van der Waals surface area contributed by atoms with E-state index < -0.39 is 11.7 Å². The van der Waals surface area contributed by atoms with Crippen molar-refractivity contribution in [3.05, 3.63) is 65.2 Å². The standard InChI is InChI=1S/C26H36F3N3S/c1-18(17-30-33-15-14-32(3)4)10-12-22-19(2)23-16-21(26(27,28)29)11-13-24(23)31-25(22)20-8-6-5-7-9-20/h5-9,11,13,16,18-19,22,25,30-31H,10,12,14-15,17H2,1-4H3/t18?,19?,22?,25-/m0/s1. The van der Waals surface area contributed by atoms with E-state index in [1.165, 1.54) is 17.7 Å². The Bertz CT molecular complexity index is 873. The third-order valence-electron chi connectivity index (χ3n) is 6.58. The van der Waals surface area contributed by atoms with Gasteiger partial charge in [0.05, 0.1) is 11.6 Å². The molecule has 1 aliphatic rings. The van der Waals surface area contributed by atoms with Gasteiger partial charge in [0.25, 0.3) is 0 Å². The second-order valence-corrected chi connectivity index (χ2v) is 10.5. The van der Waals surface area contributed by atoms with E-state index >= 15 is 0 Å². The molecule has 182 valence electrons. The van der Waals surface area contributed by atoms with Crippen molar-refractivity contribution in [2.45, 2.75) is 44.8 Å². The van der Waals surface area contributed by atoms with Gasteiger partial charge < -0.3 is 10.2 Å². The predicted octanol–water partition coefficient (Wildman–Crippen LogP) is 6.81. The van der Waals surface area contributed by atoms with E-state index in [4.69, 9.17) is 0 Å². The second kappa shape index (κ2) is 11.6. The van der Waals surface area contributed by atoms with Gasteiger partial charge in [0.2, 0.25) is 0 Å². The molecular formula is C26H36F3N3S. The van der Waals surface area contributed by atoms with Crippen molar-refractivity contribution in [3.8, 4) is 0 Å². The zero-order valence-electron chi connectivity index (χ0n) is 20.0. The van der Waals surface area contributed by atoms with Crippen LogP contribution in [0.5, 0.6) is 0 Å². The van der Waals surface area contributed by atoms with Crippen molar-refractivity contribution < 1.29 is 13.2 Å². The molecule has 0 radical (unpaired) electrons. The normalized spacial score (nSPS) is 21.5. The van der Waals surface area contributed by atoms with Crippen molar-refractivity contribution in [2.75, 3.05) is 38.3 Å². The number of nitrogens with zero attached hydrogens (tertiary/aromatic N) is 1. The Kier molecular flexibility index (Phi) is 9.13. The minimum absolute atomic E-state index is 0.0309. The van der Waals surface area contributed by atoms with Gasteiger partial charge in [0.1, 0.15) is 0 Å². The average Bonchev–Trinajstić information content (AvgIpc) is 2.77. The van der Waals surface area contributed by atoms with Crippen LogP contribution in [0.3, 0.4) is 0 Å². The number of rotatable bonds is 10. The van der Waals surface area contributed by atoms with Crippen LogP contribution in [-0.2, 0) is 6.18 Å². The fraction of sp³-hybridized carbons (Fsp3) is 0.538. The highest BCUT2D eigenvalue weighted by Crippen LogP contribution is 2.48. The Balaban J connectivity index is 1.72. The highest BCUT2D eigenvalue weighted by molar-refractivity contribution is 7.97. The molecule has 2 aromatic rings. The summed E-state index contributed by atoms with van der Waals surface area (Å²) >= 11 is 1.75. The fourth-order valence-electron chi connectivity index (χ4n) is 4.53. The first-order chi connectivity index (χ1) is 15.7. The number of benzene rings is 2. The molecule has 3 nitrogen and oxygen atoms in total. The Morgan fingerprint density at radius 2 is 1.85 bits per heavy atom. The molecule has 33 heavy (non-hydrogen) atoms. The van der Waals surface area contributed by atoms with Gasteiger partial charge in [-0.2, -0.15) is 13.2 Å². The van der Waals surface area contributed by atoms with Crippen molar-refractivity contribution >= 4 is 17.6 Å². The topological polar surface area (TPSA) is 27.3 Å². The van der Waals surface area contributed by atoms with Crippen LogP contribution in [0.2, 0.25) is 0 Å². The van der Waals surface area contributed by atoms with E-state index in [0.717, 1.165) is 42.9 Å². The maximum Gasteiger partial charge on any atom is 0.416 e. The summed E-state index contributed by atoms with van der Waals surface area (Å²) < 4.78 is 43.6. The van der Waals surface area contributed by atoms with Crippen LogP contribution < -0.4 is 10.0 Å². The van der Waals surface area contributed by atoms with E-state index in [2.05, 4.69) is 55.0 Å².